The monoisotopic (exact) mass is 608 g/mol. The highest BCUT2D eigenvalue weighted by molar-refractivity contribution is 8.13. The normalized spacial score (nSPS) is 15.5. The van der Waals surface area contributed by atoms with Gasteiger partial charge in [-0.15, -0.1) is 0 Å². The van der Waals surface area contributed by atoms with E-state index in [9.17, 15) is 25.5 Å². The molecule has 1 aliphatic heterocycles. The van der Waals surface area contributed by atoms with Gasteiger partial charge in [0.15, 0.2) is 5.75 Å². The third-order valence-corrected chi connectivity index (χ3v) is 8.57. The van der Waals surface area contributed by atoms with Crippen molar-refractivity contribution in [2.24, 2.45) is 0 Å². The Bertz CT molecular complexity index is 1570. The van der Waals surface area contributed by atoms with Gasteiger partial charge in [0, 0.05) is 54.5 Å². The Balaban J connectivity index is 1.26. The lowest BCUT2D eigenvalue weighted by molar-refractivity contribution is 0.0976. The largest absolute Gasteiger partial charge is 0.488 e. The predicted octanol–water partition coefficient (Wildman–Crippen LogP) is 4.73. The van der Waals surface area contributed by atoms with Gasteiger partial charge in [0.05, 0.1) is 5.75 Å². The third-order valence-electron chi connectivity index (χ3n) is 7.21. The minimum Gasteiger partial charge on any atom is -0.448 e. The van der Waals surface area contributed by atoms with E-state index in [1.165, 1.54) is 19.1 Å². The highest BCUT2D eigenvalue weighted by Gasteiger charge is 2.31. The molecule has 0 N–H and O–H groups in total. The number of anilines is 1. The van der Waals surface area contributed by atoms with Crippen LogP contribution in [0.5, 0.6) is 5.75 Å². The number of amides is 1. The van der Waals surface area contributed by atoms with Gasteiger partial charge in [-0.3, -0.25) is 0 Å². The summed E-state index contributed by atoms with van der Waals surface area (Å²) in [5.41, 5.74) is 5.21. The van der Waals surface area contributed by atoms with E-state index >= 15 is 0 Å². The van der Waals surface area contributed by atoms with Crippen molar-refractivity contribution in [3.05, 3.63) is 82.9 Å². The molecule has 3 aromatic carbocycles. The van der Waals surface area contributed by atoms with Gasteiger partial charge in [0.25, 0.3) is 0 Å². The molecule has 0 atom stereocenters. The molecule has 0 radical (unpaired) electrons. The molecule has 0 spiro atoms. The number of fused-ring (bicyclic) bond motifs is 3. The maximum atomic E-state index is 13.3. The van der Waals surface area contributed by atoms with Crippen LogP contribution in [0.15, 0.2) is 60.7 Å². The number of rotatable bonds is 7. The summed E-state index contributed by atoms with van der Waals surface area (Å²) in [4.78, 5) is 16.4. The standard InChI is InChI=1S/C27H26ClFN2O7S2/c1-18-19(17-39(28,33)34)14-20(15-26(18)38-40(29,35)36)30-10-12-31(13-11-30)27(32)37-16-25-23-8-4-2-6-21(23)22-7-3-5-9-24(22)25/h2-9,14-15,25H,10-13,16-17H2,1H3. The van der Waals surface area contributed by atoms with Crippen LogP contribution in [0.2, 0.25) is 0 Å². The van der Waals surface area contributed by atoms with E-state index < -0.39 is 31.4 Å². The predicted molar refractivity (Wildman–Crippen MR) is 149 cm³/mol. The fourth-order valence-electron chi connectivity index (χ4n) is 5.27. The Labute approximate surface area is 236 Å². The zero-order chi connectivity index (χ0) is 28.7. The summed E-state index contributed by atoms with van der Waals surface area (Å²) in [6, 6.07) is 19.0. The van der Waals surface area contributed by atoms with E-state index in [-0.39, 0.29) is 29.4 Å². The summed E-state index contributed by atoms with van der Waals surface area (Å²) >= 11 is 0. The molecule has 0 saturated carbocycles. The van der Waals surface area contributed by atoms with Gasteiger partial charge in [-0.25, -0.2) is 13.2 Å². The summed E-state index contributed by atoms with van der Waals surface area (Å²) in [5.74, 6) is -1.00. The summed E-state index contributed by atoms with van der Waals surface area (Å²) in [6.07, 6.45) is -0.452. The Morgan fingerprint density at radius 1 is 0.950 bits per heavy atom. The van der Waals surface area contributed by atoms with Crippen LogP contribution >= 0.6 is 10.7 Å². The molecule has 1 aliphatic carbocycles. The second kappa shape index (κ2) is 10.9. The molecule has 1 saturated heterocycles. The van der Waals surface area contributed by atoms with E-state index in [0.29, 0.717) is 31.9 Å². The van der Waals surface area contributed by atoms with Crippen molar-refractivity contribution >= 4 is 42.0 Å². The van der Waals surface area contributed by atoms with E-state index in [0.717, 1.165) is 22.3 Å². The van der Waals surface area contributed by atoms with Crippen LogP contribution in [0.25, 0.3) is 11.1 Å². The van der Waals surface area contributed by atoms with Crippen LogP contribution in [-0.2, 0) is 30.0 Å². The molecule has 1 heterocycles. The number of hydrogen-bond donors (Lipinski definition) is 0. The number of piperazine rings is 1. The van der Waals surface area contributed by atoms with Gasteiger partial charge in [-0.2, -0.15) is 8.42 Å². The van der Waals surface area contributed by atoms with Gasteiger partial charge >= 0.3 is 16.6 Å². The molecular weight excluding hydrogens is 583 g/mol. The SMILES string of the molecule is Cc1c(CS(=O)(=O)Cl)cc(N2CCN(C(=O)OCC3c4ccccc4-c4ccccc43)CC2)cc1OS(=O)(=O)F. The third kappa shape index (κ3) is 6.18. The van der Waals surface area contributed by atoms with E-state index in [1.807, 2.05) is 41.3 Å². The Morgan fingerprint density at radius 3 is 2.08 bits per heavy atom. The summed E-state index contributed by atoms with van der Waals surface area (Å²) < 4.78 is 69.2. The molecule has 0 aromatic heterocycles. The van der Waals surface area contributed by atoms with Crippen LogP contribution in [-0.4, -0.2) is 60.6 Å². The first-order chi connectivity index (χ1) is 18.9. The van der Waals surface area contributed by atoms with Crippen molar-refractivity contribution in [2.75, 3.05) is 37.7 Å². The Morgan fingerprint density at radius 2 is 1.52 bits per heavy atom. The first-order valence-electron chi connectivity index (χ1n) is 12.4. The van der Waals surface area contributed by atoms with Gasteiger partial charge < -0.3 is 18.7 Å². The summed E-state index contributed by atoms with van der Waals surface area (Å²) in [6.45, 7) is 2.87. The molecule has 9 nitrogen and oxygen atoms in total. The molecule has 13 heteroatoms. The zero-order valence-corrected chi connectivity index (χ0v) is 23.8. The van der Waals surface area contributed by atoms with Crippen LogP contribution in [0, 0.1) is 6.92 Å². The van der Waals surface area contributed by atoms with Crippen LogP contribution < -0.4 is 9.08 Å². The molecule has 40 heavy (non-hydrogen) atoms. The lowest BCUT2D eigenvalue weighted by Crippen LogP contribution is -2.49. The molecule has 0 bridgehead atoms. The highest BCUT2D eigenvalue weighted by Crippen LogP contribution is 2.44. The zero-order valence-electron chi connectivity index (χ0n) is 21.4. The smallest absolute Gasteiger partial charge is 0.448 e. The first-order valence-corrected chi connectivity index (χ1v) is 16.2. The average Bonchev–Trinajstić information content (AvgIpc) is 3.22. The second-order valence-corrected chi connectivity index (χ2v) is 13.4. The molecule has 3 aromatic rings. The fourth-order valence-corrected chi connectivity index (χ4v) is 6.69. The number of hydrogen-bond acceptors (Lipinski definition) is 8. The summed E-state index contributed by atoms with van der Waals surface area (Å²) in [5, 5.41) is 0. The highest BCUT2D eigenvalue weighted by atomic mass is 35.7. The number of nitrogens with zero attached hydrogens (tertiary/aromatic N) is 2. The van der Waals surface area contributed by atoms with Gasteiger partial charge in [-0.1, -0.05) is 52.4 Å². The van der Waals surface area contributed by atoms with E-state index in [2.05, 4.69) is 16.3 Å². The average molecular weight is 609 g/mol. The van der Waals surface area contributed by atoms with Crippen molar-refractivity contribution in [3.8, 4) is 16.9 Å². The molecule has 1 amide bonds. The maximum absolute atomic E-state index is 13.3. The second-order valence-electron chi connectivity index (χ2n) is 9.67. The number of carbonyl (C=O) groups excluding carboxylic acids is 1. The van der Waals surface area contributed by atoms with Crippen molar-refractivity contribution in [3.63, 3.8) is 0 Å². The molecule has 1 fully saturated rings. The molecular formula is C27H26ClFN2O7S2. The van der Waals surface area contributed by atoms with Crippen LogP contribution in [0.4, 0.5) is 14.4 Å². The van der Waals surface area contributed by atoms with Gasteiger partial charge in [0.2, 0.25) is 9.05 Å². The van der Waals surface area contributed by atoms with Crippen molar-refractivity contribution in [2.45, 2.75) is 18.6 Å². The lowest BCUT2D eigenvalue weighted by atomic mass is 9.98. The van der Waals surface area contributed by atoms with Crippen molar-refractivity contribution < 1.29 is 34.4 Å². The number of carbonyl (C=O) groups is 1. The number of benzene rings is 3. The van der Waals surface area contributed by atoms with Gasteiger partial charge in [-0.05, 0) is 46.4 Å². The number of halogens is 2. The van der Waals surface area contributed by atoms with E-state index in [4.69, 9.17) is 15.4 Å². The van der Waals surface area contributed by atoms with Gasteiger partial charge in [0.1, 0.15) is 6.61 Å². The molecule has 212 valence electrons. The Kier molecular flexibility index (Phi) is 7.68. The minimum absolute atomic E-state index is 0.0629. The van der Waals surface area contributed by atoms with Crippen LogP contribution in [0.3, 0.4) is 0 Å². The number of ether oxygens (including phenoxy) is 1. The first kappa shape index (κ1) is 28.2. The summed E-state index contributed by atoms with van der Waals surface area (Å²) in [7, 11) is -3.92. The molecule has 5 rings (SSSR count). The fraction of sp³-hybridized carbons (Fsp3) is 0.296. The van der Waals surface area contributed by atoms with Crippen molar-refractivity contribution in [1.29, 1.82) is 0 Å². The quantitative estimate of drug-likeness (QED) is 0.354. The minimum atomic E-state index is -5.35. The maximum Gasteiger partial charge on any atom is 0.488 e. The van der Waals surface area contributed by atoms with E-state index in [1.54, 1.807) is 4.90 Å². The Hall–Kier alpha value is -3.35. The molecule has 2 aliphatic rings. The lowest BCUT2D eigenvalue weighted by Gasteiger charge is -2.36. The molecule has 0 unspecified atom stereocenters. The van der Waals surface area contributed by atoms with Crippen LogP contribution in [0.1, 0.15) is 28.2 Å². The topological polar surface area (TPSA) is 110 Å². The van der Waals surface area contributed by atoms with Crippen molar-refractivity contribution in [1.82, 2.24) is 4.90 Å².